The van der Waals surface area contributed by atoms with Gasteiger partial charge in [0.25, 0.3) is 0 Å². The summed E-state index contributed by atoms with van der Waals surface area (Å²) < 4.78 is 23.0. The van der Waals surface area contributed by atoms with E-state index >= 15 is 0 Å². The van der Waals surface area contributed by atoms with Crippen molar-refractivity contribution in [3.8, 4) is 6.07 Å². The first-order valence-electron chi connectivity index (χ1n) is 7.56. The van der Waals surface area contributed by atoms with Crippen molar-refractivity contribution in [1.82, 2.24) is 4.90 Å². The number of rotatable bonds is 4. The molecule has 0 bridgehead atoms. The minimum absolute atomic E-state index is 0.244. The number of nitrogens with one attached hydrogen (secondary N) is 1. The Morgan fingerprint density at radius 2 is 1.68 bits per heavy atom. The smallest absolute Gasteiger partial charge is 0.321 e. The number of sulfone groups is 1. The molecule has 1 unspecified atom stereocenters. The SMILES string of the molecule is CC(c1ccc(S(C)(=O)=O)cc1)N(C)C(=O)Nc1ccc(C#N)cc1. The second-order valence-corrected chi connectivity index (χ2v) is 7.76. The van der Waals surface area contributed by atoms with Crippen molar-refractivity contribution < 1.29 is 13.2 Å². The molecule has 25 heavy (non-hydrogen) atoms. The Labute approximate surface area is 147 Å². The quantitative estimate of drug-likeness (QED) is 0.910. The third-order valence-corrected chi connectivity index (χ3v) is 5.09. The predicted octanol–water partition coefficient (Wildman–Crippen LogP) is 3.19. The van der Waals surface area contributed by atoms with Gasteiger partial charge in [0.1, 0.15) is 0 Å². The van der Waals surface area contributed by atoms with Crippen molar-refractivity contribution in [2.24, 2.45) is 0 Å². The van der Waals surface area contributed by atoms with Gasteiger partial charge in [0.15, 0.2) is 9.84 Å². The van der Waals surface area contributed by atoms with Gasteiger partial charge < -0.3 is 10.2 Å². The minimum Gasteiger partial charge on any atom is -0.321 e. The molecule has 1 atom stereocenters. The van der Waals surface area contributed by atoms with Gasteiger partial charge in [-0.15, -0.1) is 0 Å². The number of hydrogen-bond acceptors (Lipinski definition) is 4. The largest absolute Gasteiger partial charge is 0.322 e. The van der Waals surface area contributed by atoms with Crippen molar-refractivity contribution in [3.63, 3.8) is 0 Å². The molecular formula is C18H19N3O3S. The highest BCUT2D eigenvalue weighted by Crippen LogP contribution is 2.21. The van der Waals surface area contributed by atoms with E-state index in [0.29, 0.717) is 11.3 Å². The molecule has 2 amide bonds. The van der Waals surface area contributed by atoms with Crippen molar-refractivity contribution >= 4 is 21.6 Å². The Kier molecular flexibility index (Phi) is 5.45. The van der Waals surface area contributed by atoms with Crippen LogP contribution in [-0.2, 0) is 9.84 Å². The number of urea groups is 1. The summed E-state index contributed by atoms with van der Waals surface area (Å²) in [6.45, 7) is 1.85. The molecule has 0 aliphatic rings. The second-order valence-electron chi connectivity index (χ2n) is 5.75. The second kappa shape index (κ2) is 7.36. The van der Waals surface area contributed by atoms with E-state index in [1.807, 2.05) is 13.0 Å². The average Bonchev–Trinajstić information content (AvgIpc) is 2.60. The molecule has 0 spiro atoms. The van der Waals surface area contributed by atoms with E-state index in [-0.39, 0.29) is 17.0 Å². The Bertz CT molecular complexity index is 898. The molecular weight excluding hydrogens is 338 g/mol. The van der Waals surface area contributed by atoms with E-state index in [4.69, 9.17) is 5.26 Å². The summed E-state index contributed by atoms with van der Waals surface area (Å²) in [6.07, 6.45) is 1.16. The van der Waals surface area contributed by atoms with Crippen molar-refractivity contribution in [1.29, 1.82) is 5.26 Å². The van der Waals surface area contributed by atoms with Gasteiger partial charge in [-0.3, -0.25) is 0 Å². The van der Waals surface area contributed by atoms with Gasteiger partial charge in [-0.25, -0.2) is 13.2 Å². The van der Waals surface area contributed by atoms with Crippen LogP contribution in [-0.4, -0.2) is 32.7 Å². The minimum atomic E-state index is -3.24. The number of nitriles is 1. The third kappa shape index (κ3) is 4.58. The van der Waals surface area contributed by atoms with Gasteiger partial charge in [-0.1, -0.05) is 12.1 Å². The van der Waals surface area contributed by atoms with Crippen LogP contribution in [0.25, 0.3) is 0 Å². The molecule has 0 aromatic heterocycles. The molecule has 0 heterocycles. The number of nitrogens with zero attached hydrogens (tertiary/aromatic N) is 2. The molecule has 1 N–H and O–H groups in total. The number of anilines is 1. The molecule has 2 aromatic carbocycles. The summed E-state index contributed by atoms with van der Waals surface area (Å²) in [5.41, 5.74) is 1.94. The van der Waals surface area contributed by atoms with Gasteiger partial charge in [0.2, 0.25) is 0 Å². The molecule has 0 radical (unpaired) electrons. The molecule has 7 heteroatoms. The van der Waals surface area contributed by atoms with Crippen LogP contribution in [0.1, 0.15) is 24.1 Å². The lowest BCUT2D eigenvalue weighted by Gasteiger charge is -2.25. The van der Waals surface area contributed by atoms with Crippen molar-refractivity contribution in [3.05, 3.63) is 59.7 Å². The third-order valence-electron chi connectivity index (χ3n) is 3.96. The fourth-order valence-corrected chi connectivity index (χ4v) is 2.86. The zero-order valence-corrected chi connectivity index (χ0v) is 15.0. The summed E-state index contributed by atoms with van der Waals surface area (Å²) in [5.74, 6) is 0. The Hall–Kier alpha value is -2.85. The van der Waals surface area contributed by atoms with Gasteiger partial charge in [0.05, 0.1) is 22.6 Å². The molecule has 6 nitrogen and oxygen atoms in total. The summed E-state index contributed by atoms with van der Waals surface area (Å²) in [4.78, 5) is 14.1. The molecule has 2 rings (SSSR count). The molecule has 0 saturated carbocycles. The van der Waals surface area contributed by atoms with Gasteiger partial charge in [-0.05, 0) is 48.9 Å². The topological polar surface area (TPSA) is 90.3 Å². The lowest BCUT2D eigenvalue weighted by molar-refractivity contribution is 0.208. The van der Waals surface area contributed by atoms with E-state index in [2.05, 4.69) is 5.32 Å². The standard InChI is InChI=1S/C18H19N3O3S/c1-13(15-6-10-17(11-7-15)25(3,23)24)21(2)18(22)20-16-8-4-14(12-19)5-9-16/h4-11,13H,1-3H3,(H,20,22). The van der Waals surface area contributed by atoms with E-state index in [1.54, 1.807) is 43.4 Å². The predicted molar refractivity (Wildman–Crippen MR) is 95.9 cm³/mol. The van der Waals surface area contributed by atoms with E-state index in [1.165, 1.54) is 17.0 Å². The van der Waals surface area contributed by atoms with Crippen LogP contribution in [0.5, 0.6) is 0 Å². The zero-order chi connectivity index (χ0) is 18.6. The highest BCUT2D eigenvalue weighted by Gasteiger charge is 2.18. The monoisotopic (exact) mass is 357 g/mol. The van der Waals surface area contributed by atoms with Crippen LogP contribution < -0.4 is 5.32 Å². The Balaban J connectivity index is 2.08. The Morgan fingerprint density at radius 1 is 1.12 bits per heavy atom. The highest BCUT2D eigenvalue weighted by molar-refractivity contribution is 7.90. The van der Waals surface area contributed by atoms with Crippen LogP contribution in [0.15, 0.2) is 53.4 Å². The van der Waals surface area contributed by atoms with Gasteiger partial charge >= 0.3 is 6.03 Å². The van der Waals surface area contributed by atoms with E-state index < -0.39 is 9.84 Å². The molecule has 0 fully saturated rings. The summed E-state index contributed by atoms with van der Waals surface area (Å²) >= 11 is 0. The fourth-order valence-electron chi connectivity index (χ4n) is 2.23. The lowest BCUT2D eigenvalue weighted by atomic mass is 10.1. The van der Waals surface area contributed by atoms with Crippen molar-refractivity contribution in [2.75, 3.05) is 18.6 Å². The van der Waals surface area contributed by atoms with Crippen LogP contribution in [0.3, 0.4) is 0 Å². The van der Waals surface area contributed by atoms with E-state index in [0.717, 1.165) is 11.8 Å². The normalized spacial score (nSPS) is 12.1. The molecule has 2 aromatic rings. The number of benzene rings is 2. The first-order chi connectivity index (χ1) is 11.7. The fraction of sp³-hybridized carbons (Fsp3) is 0.222. The van der Waals surface area contributed by atoms with Gasteiger partial charge in [-0.2, -0.15) is 5.26 Å². The maximum atomic E-state index is 12.4. The first kappa shape index (κ1) is 18.5. The average molecular weight is 357 g/mol. The molecule has 130 valence electrons. The summed E-state index contributed by atoms with van der Waals surface area (Å²) in [5, 5.41) is 11.5. The Morgan fingerprint density at radius 3 is 2.16 bits per heavy atom. The van der Waals surface area contributed by atoms with Crippen LogP contribution >= 0.6 is 0 Å². The molecule has 0 aliphatic heterocycles. The van der Waals surface area contributed by atoms with Crippen molar-refractivity contribution in [2.45, 2.75) is 17.9 Å². The van der Waals surface area contributed by atoms with Crippen LogP contribution in [0.2, 0.25) is 0 Å². The number of carbonyl (C=O) groups excluding carboxylic acids is 1. The maximum absolute atomic E-state index is 12.4. The maximum Gasteiger partial charge on any atom is 0.322 e. The van der Waals surface area contributed by atoms with E-state index in [9.17, 15) is 13.2 Å². The summed E-state index contributed by atoms with van der Waals surface area (Å²) in [6, 6.07) is 14.5. The number of carbonyl (C=O) groups is 1. The number of amides is 2. The number of hydrogen-bond donors (Lipinski definition) is 1. The molecule has 0 saturated heterocycles. The van der Waals surface area contributed by atoms with Gasteiger partial charge in [0, 0.05) is 19.0 Å². The lowest BCUT2D eigenvalue weighted by Crippen LogP contribution is -2.33. The van der Waals surface area contributed by atoms with Crippen LogP contribution in [0, 0.1) is 11.3 Å². The first-order valence-corrected chi connectivity index (χ1v) is 9.45. The summed E-state index contributed by atoms with van der Waals surface area (Å²) in [7, 11) is -1.58. The highest BCUT2D eigenvalue weighted by atomic mass is 32.2. The zero-order valence-electron chi connectivity index (χ0n) is 14.2. The molecule has 0 aliphatic carbocycles. The van der Waals surface area contributed by atoms with Crippen LogP contribution in [0.4, 0.5) is 10.5 Å².